The van der Waals surface area contributed by atoms with Crippen LogP contribution in [0.5, 0.6) is 0 Å². The molecular weight excluding hydrogens is 204 g/mol. The van der Waals surface area contributed by atoms with E-state index in [1.807, 2.05) is 11.7 Å². The van der Waals surface area contributed by atoms with Crippen molar-refractivity contribution in [1.82, 2.24) is 10.3 Å². The molecule has 2 nitrogen and oxygen atoms in total. The fourth-order valence-electron chi connectivity index (χ4n) is 2.43. The van der Waals surface area contributed by atoms with Gasteiger partial charge in [-0.15, -0.1) is 11.3 Å². The summed E-state index contributed by atoms with van der Waals surface area (Å²) in [6.07, 6.45) is 9.11. The third kappa shape index (κ3) is 3.58. The van der Waals surface area contributed by atoms with E-state index in [2.05, 4.69) is 17.2 Å². The minimum atomic E-state index is 0.648. The molecule has 3 heteroatoms. The second-order valence-corrected chi connectivity index (χ2v) is 5.61. The molecule has 1 fully saturated rings. The van der Waals surface area contributed by atoms with Crippen molar-refractivity contribution in [2.24, 2.45) is 5.92 Å². The van der Waals surface area contributed by atoms with Crippen molar-refractivity contribution in [3.63, 3.8) is 0 Å². The molecule has 1 aromatic rings. The third-order valence-electron chi connectivity index (χ3n) is 3.27. The van der Waals surface area contributed by atoms with Crippen LogP contribution in [0, 0.1) is 5.92 Å². The van der Waals surface area contributed by atoms with Crippen molar-refractivity contribution >= 4 is 11.3 Å². The topological polar surface area (TPSA) is 24.9 Å². The highest BCUT2D eigenvalue weighted by Gasteiger charge is 2.17. The van der Waals surface area contributed by atoms with Crippen molar-refractivity contribution < 1.29 is 0 Å². The normalized spacial score (nSPS) is 19.5. The molecule has 0 radical (unpaired) electrons. The Morgan fingerprint density at radius 3 is 3.00 bits per heavy atom. The highest BCUT2D eigenvalue weighted by molar-refractivity contribution is 7.09. The van der Waals surface area contributed by atoms with Gasteiger partial charge in [-0.1, -0.05) is 25.7 Å². The zero-order chi connectivity index (χ0) is 10.5. The fraction of sp³-hybridized carbons (Fsp3) is 0.750. The maximum atomic E-state index is 4.08. The Morgan fingerprint density at radius 1 is 1.53 bits per heavy atom. The van der Waals surface area contributed by atoms with Crippen molar-refractivity contribution in [3.05, 3.63) is 16.6 Å². The van der Waals surface area contributed by atoms with Crippen molar-refractivity contribution in [2.45, 2.75) is 51.6 Å². The van der Waals surface area contributed by atoms with Crippen LogP contribution < -0.4 is 5.32 Å². The van der Waals surface area contributed by atoms with Gasteiger partial charge in [0.2, 0.25) is 0 Å². The number of hydrogen-bond acceptors (Lipinski definition) is 3. The van der Waals surface area contributed by atoms with E-state index in [0.29, 0.717) is 6.04 Å². The van der Waals surface area contributed by atoms with Gasteiger partial charge in [-0.3, -0.25) is 4.98 Å². The maximum absolute atomic E-state index is 4.08. The molecule has 1 heterocycles. The molecule has 1 aliphatic rings. The number of aromatic nitrogens is 1. The lowest BCUT2D eigenvalue weighted by Crippen LogP contribution is -2.27. The molecule has 15 heavy (non-hydrogen) atoms. The van der Waals surface area contributed by atoms with Gasteiger partial charge < -0.3 is 5.32 Å². The average Bonchev–Trinajstić information content (AvgIpc) is 2.86. The minimum absolute atomic E-state index is 0.648. The van der Waals surface area contributed by atoms with Gasteiger partial charge in [-0.2, -0.15) is 0 Å². The molecule has 1 atom stereocenters. The first kappa shape index (κ1) is 11.1. The summed E-state index contributed by atoms with van der Waals surface area (Å²) in [5.74, 6) is 0.981. The Labute approximate surface area is 96.1 Å². The zero-order valence-electron chi connectivity index (χ0n) is 9.41. The van der Waals surface area contributed by atoms with Crippen molar-refractivity contribution in [2.75, 3.05) is 0 Å². The summed E-state index contributed by atoms with van der Waals surface area (Å²) in [6, 6.07) is 0.648. The van der Waals surface area contributed by atoms with E-state index in [-0.39, 0.29) is 0 Å². The van der Waals surface area contributed by atoms with E-state index in [1.165, 1.54) is 37.0 Å². The standard InChI is InChI=1S/C12H20N2S/c1-10(6-11-4-2-3-5-11)14-8-12-7-13-9-15-12/h7,9-11,14H,2-6,8H2,1H3. The van der Waals surface area contributed by atoms with Crippen LogP contribution in [0.25, 0.3) is 0 Å². The Morgan fingerprint density at radius 2 is 2.33 bits per heavy atom. The zero-order valence-corrected chi connectivity index (χ0v) is 10.2. The quantitative estimate of drug-likeness (QED) is 0.831. The van der Waals surface area contributed by atoms with Crippen LogP contribution in [-0.4, -0.2) is 11.0 Å². The summed E-state index contributed by atoms with van der Waals surface area (Å²) in [5, 5.41) is 3.58. The summed E-state index contributed by atoms with van der Waals surface area (Å²) in [5.41, 5.74) is 1.90. The molecule has 0 saturated heterocycles. The second-order valence-electron chi connectivity index (χ2n) is 4.64. The number of rotatable bonds is 5. The summed E-state index contributed by atoms with van der Waals surface area (Å²) in [7, 11) is 0. The van der Waals surface area contributed by atoms with Gasteiger partial charge in [-0.25, -0.2) is 0 Å². The third-order valence-corrected chi connectivity index (χ3v) is 4.05. The van der Waals surface area contributed by atoms with Crippen LogP contribution in [0.2, 0.25) is 0 Å². The molecule has 1 saturated carbocycles. The highest BCUT2D eigenvalue weighted by Crippen LogP contribution is 2.28. The number of nitrogens with zero attached hydrogens (tertiary/aromatic N) is 1. The first-order valence-electron chi connectivity index (χ1n) is 5.95. The van der Waals surface area contributed by atoms with E-state index in [4.69, 9.17) is 0 Å². The van der Waals surface area contributed by atoms with Crippen LogP contribution in [0.4, 0.5) is 0 Å². The van der Waals surface area contributed by atoms with Crippen molar-refractivity contribution in [3.8, 4) is 0 Å². The number of nitrogens with one attached hydrogen (secondary N) is 1. The maximum Gasteiger partial charge on any atom is 0.0794 e. The monoisotopic (exact) mass is 224 g/mol. The molecule has 1 aliphatic carbocycles. The SMILES string of the molecule is CC(CC1CCCC1)NCc1cncs1. The van der Waals surface area contributed by atoms with Crippen LogP contribution >= 0.6 is 11.3 Å². The molecule has 0 spiro atoms. The Balaban J connectivity index is 1.66. The lowest BCUT2D eigenvalue weighted by Gasteiger charge is -2.17. The molecule has 1 aromatic heterocycles. The predicted octanol–water partition coefficient (Wildman–Crippen LogP) is 3.20. The van der Waals surface area contributed by atoms with Crippen LogP contribution in [0.15, 0.2) is 11.7 Å². The first-order valence-corrected chi connectivity index (χ1v) is 6.83. The average molecular weight is 224 g/mol. The summed E-state index contributed by atoms with van der Waals surface area (Å²) in [6.45, 7) is 3.29. The van der Waals surface area contributed by atoms with Crippen LogP contribution in [0.3, 0.4) is 0 Å². The summed E-state index contributed by atoms with van der Waals surface area (Å²) < 4.78 is 0. The Kier molecular flexibility index (Phi) is 4.15. The lowest BCUT2D eigenvalue weighted by atomic mass is 9.99. The summed E-state index contributed by atoms with van der Waals surface area (Å²) >= 11 is 1.73. The molecule has 0 aliphatic heterocycles. The minimum Gasteiger partial charge on any atom is -0.309 e. The van der Waals surface area contributed by atoms with E-state index in [1.54, 1.807) is 11.3 Å². The summed E-state index contributed by atoms with van der Waals surface area (Å²) in [4.78, 5) is 5.42. The Bertz CT molecular complexity index is 265. The Hall–Kier alpha value is -0.410. The van der Waals surface area contributed by atoms with Crippen molar-refractivity contribution in [1.29, 1.82) is 0 Å². The van der Waals surface area contributed by atoms with Crippen LogP contribution in [-0.2, 0) is 6.54 Å². The highest BCUT2D eigenvalue weighted by atomic mass is 32.1. The fourth-order valence-corrected chi connectivity index (χ4v) is 2.98. The number of hydrogen-bond donors (Lipinski definition) is 1. The van der Waals surface area contributed by atoms with Gasteiger partial charge in [0.05, 0.1) is 5.51 Å². The molecule has 2 rings (SSSR count). The molecule has 0 bridgehead atoms. The lowest BCUT2D eigenvalue weighted by molar-refractivity contribution is 0.405. The molecule has 84 valence electrons. The molecule has 0 amide bonds. The molecular formula is C12H20N2S. The van der Waals surface area contributed by atoms with Gasteiger partial charge in [0.1, 0.15) is 0 Å². The smallest absolute Gasteiger partial charge is 0.0794 e. The van der Waals surface area contributed by atoms with E-state index in [0.717, 1.165) is 12.5 Å². The van der Waals surface area contributed by atoms with Gasteiger partial charge >= 0.3 is 0 Å². The largest absolute Gasteiger partial charge is 0.309 e. The van der Waals surface area contributed by atoms with Gasteiger partial charge in [-0.05, 0) is 19.3 Å². The van der Waals surface area contributed by atoms with Gasteiger partial charge in [0.15, 0.2) is 0 Å². The second kappa shape index (κ2) is 5.61. The molecule has 0 aromatic carbocycles. The van der Waals surface area contributed by atoms with E-state index >= 15 is 0 Å². The molecule has 1 unspecified atom stereocenters. The molecule has 1 N–H and O–H groups in total. The first-order chi connectivity index (χ1) is 7.34. The van der Waals surface area contributed by atoms with E-state index in [9.17, 15) is 0 Å². The predicted molar refractivity (Wildman–Crippen MR) is 65.0 cm³/mol. The number of thiazole rings is 1. The van der Waals surface area contributed by atoms with E-state index < -0.39 is 0 Å². The van der Waals surface area contributed by atoms with Gasteiger partial charge in [0.25, 0.3) is 0 Å². The van der Waals surface area contributed by atoms with Crippen LogP contribution in [0.1, 0.15) is 43.9 Å². The van der Waals surface area contributed by atoms with Gasteiger partial charge in [0, 0.05) is 23.7 Å².